The number of methoxy groups -OCH3 is 1. The van der Waals surface area contributed by atoms with Gasteiger partial charge in [-0.3, -0.25) is 0 Å². The summed E-state index contributed by atoms with van der Waals surface area (Å²) in [6.07, 6.45) is 0. The monoisotopic (exact) mass is 386 g/mol. The molecule has 0 radical (unpaired) electrons. The van der Waals surface area contributed by atoms with Gasteiger partial charge in [0.1, 0.15) is 11.6 Å². The fourth-order valence-electron chi connectivity index (χ4n) is 1.96. The van der Waals surface area contributed by atoms with E-state index in [2.05, 4.69) is 31.9 Å². The van der Waals surface area contributed by atoms with E-state index in [1.165, 1.54) is 0 Å². The van der Waals surface area contributed by atoms with Crippen LogP contribution in [0.1, 0.15) is 21.5 Å². The zero-order valence-corrected chi connectivity index (χ0v) is 13.8. The van der Waals surface area contributed by atoms with Crippen molar-refractivity contribution in [1.82, 2.24) is 0 Å². The van der Waals surface area contributed by atoms with Gasteiger partial charge in [-0.2, -0.15) is 0 Å². The molecule has 0 aliphatic heterocycles. The second-order valence-corrected chi connectivity index (χ2v) is 6.00. The van der Waals surface area contributed by atoms with Gasteiger partial charge in [-0.25, -0.2) is 4.39 Å². The van der Waals surface area contributed by atoms with Gasteiger partial charge in [-0.05, 0) is 46.1 Å². The lowest BCUT2D eigenvalue weighted by atomic mass is 10.0. The molecule has 0 heterocycles. The Labute approximate surface area is 129 Å². The van der Waals surface area contributed by atoms with Crippen molar-refractivity contribution in [3.05, 3.63) is 63.4 Å². The molecule has 1 atom stereocenters. The van der Waals surface area contributed by atoms with Crippen molar-refractivity contribution in [2.24, 2.45) is 0 Å². The highest BCUT2D eigenvalue weighted by Gasteiger charge is 2.17. The summed E-state index contributed by atoms with van der Waals surface area (Å²) >= 11 is 6.77. The predicted octanol–water partition coefficient (Wildman–Crippen LogP) is 5.39. The Morgan fingerprint density at radius 2 is 1.95 bits per heavy atom. The van der Waals surface area contributed by atoms with Crippen LogP contribution < -0.4 is 4.74 Å². The first-order chi connectivity index (χ1) is 9.04. The maximum Gasteiger partial charge on any atom is 0.142 e. The zero-order valence-electron chi connectivity index (χ0n) is 10.6. The van der Waals surface area contributed by atoms with E-state index in [1.54, 1.807) is 19.2 Å². The Hall–Kier alpha value is -0.870. The molecule has 4 heteroatoms. The first-order valence-corrected chi connectivity index (χ1v) is 7.48. The van der Waals surface area contributed by atoms with Crippen molar-refractivity contribution in [2.75, 3.05) is 7.11 Å². The molecule has 1 nitrogen and oxygen atoms in total. The van der Waals surface area contributed by atoms with Crippen molar-refractivity contribution < 1.29 is 9.13 Å². The normalized spacial score (nSPS) is 12.3. The van der Waals surface area contributed by atoms with Gasteiger partial charge in [-0.1, -0.05) is 40.2 Å². The van der Waals surface area contributed by atoms with Crippen molar-refractivity contribution >= 4 is 31.9 Å². The van der Waals surface area contributed by atoms with E-state index in [1.807, 2.05) is 31.2 Å². The van der Waals surface area contributed by atoms with Gasteiger partial charge >= 0.3 is 0 Å². The van der Waals surface area contributed by atoms with Crippen LogP contribution in [-0.4, -0.2) is 7.11 Å². The largest absolute Gasteiger partial charge is 0.496 e. The lowest BCUT2D eigenvalue weighted by Crippen LogP contribution is -1.98. The molecule has 19 heavy (non-hydrogen) atoms. The van der Waals surface area contributed by atoms with Gasteiger partial charge in [0, 0.05) is 5.56 Å². The molecule has 0 bridgehead atoms. The van der Waals surface area contributed by atoms with Crippen LogP contribution in [0.3, 0.4) is 0 Å². The third-order valence-electron chi connectivity index (χ3n) is 2.97. The Balaban J connectivity index is 2.41. The van der Waals surface area contributed by atoms with E-state index in [0.717, 1.165) is 16.9 Å². The summed E-state index contributed by atoms with van der Waals surface area (Å²) < 4.78 is 19.8. The van der Waals surface area contributed by atoms with Gasteiger partial charge in [0.15, 0.2) is 0 Å². The number of halogens is 3. The molecule has 100 valence electrons. The average Bonchev–Trinajstić information content (AvgIpc) is 2.41. The van der Waals surface area contributed by atoms with Crippen molar-refractivity contribution in [3.8, 4) is 5.75 Å². The van der Waals surface area contributed by atoms with Crippen LogP contribution in [0.5, 0.6) is 5.75 Å². The van der Waals surface area contributed by atoms with E-state index in [0.29, 0.717) is 10.0 Å². The van der Waals surface area contributed by atoms with Crippen molar-refractivity contribution in [1.29, 1.82) is 0 Å². The molecule has 2 rings (SSSR count). The molecule has 0 N–H and O–H groups in total. The molecule has 0 aliphatic carbocycles. The molecule has 0 aliphatic rings. The highest BCUT2D eigenvalue weighted by molar-refractivity contribution is 9.10. The van der Waals surface area contributed by atoms with E-state index in [9.17, 15) is 4.39 Å². The summed E-state index contributed by atoms with van der Waals surface area (Å²) in [5, 5.41) is 0. The van der Waals surface area contributed by atoms with Gasteiger partial charge in [0.25, 0.3) is 0 Å². The van der Waals surface area contributed by atoms with Crippen LogP contribution in [0.4, 0.5) is 4.39 Å². The lowest BCUT2D eigenvalue weighted by Gasteiger charge is -2.14. The molecular formula is C15H13Br2FO. The Kier molecular flexibility index (Phi) is 4.63. The third-order valence-corrected chi connectivity index (χ3v) is 4.60. The fraction of sp³-hybridized carbons (Fsp3) is 0.200. The van der Waals surface area contributed by atoms with Crippen LogP contribution in [0.2, 0.25) is 0 Å². The standard InChI is InChI=1S/C15H13Br2FO/c1-9-8-10(6-7-13(9)19-2)14(17)11-4-3-5-12(16)15(11)18/h3-8,14H,1-2H3. The number of alkyl halides is 1. The zero-order chi connectivity index (χ0) is 14.0. The maximum atomic E-state index is 14.1. The molecule has 0 fully saturated rings. The topological polar surface area (TPSA) is 9.23 Å². The highest BCUT2D eigenvalue weighted by Crippen LogP contribution is 2.36. The minimum Gasteiger partial charge on any atom is -0.496 e. The quantitative estimate of drug-likeness (QED) is 0.641. The lowest BCUT2D eigenvalue weighted by molar-refractivity contribution is 0.411. The molecule has 2 aromatic rings. The first kappa shape index (κ1) is 14.5. The Morgan fingerprint density at radius 3 is 2.58 bits per heavy atom. The average molecular weight is 388 g/mol. The number of hydrogen-bond donors (Lipinski definition) is 0. The smallest absolute Gasteiger partial charge is 0.142 e. The molecule has 0 spiro atoms. The highest BCUT2D eigenvalue weighted by atomic mass is 79.9. The van der Waals surface area contributed by atoms with E-state index in [4.69, 9.17) is 4.74 Å². The number of aryl methyl sites for hydroxylation is 1. The first-order valence-electron chi connectivity index (χ1n) is 5.77. The predicted molar refractivity (Wildman–Crippen MR) is 82.6 cm³/mol. The van der Waals surface area contributed by atoms with E-state index in [-0.39, 0.29) is 10.6 Å². The third kappa shape index (κ3) is 3.00. The van der Waals surface area contributed by atoms with Gasteiger partial charge in [0.05, 0.1) is 16.4 Å². The second-order valence-electron chi connectivity index (χ2n) is 4.23. The number of ether oxygens (including phenoxy) is 1. The summed E-state index contributed by atoms with van der Waals surface area (Å²) in [5.74, 6) is 0.594. The summed E-state index contributed by atoms with van der Waals surface area (Å²) in [7, 11) is 1.64. The Morgan fingerprint density at radius 1 is 1.21 bits per heavy atom. The van der Waals surface area contributed by atoms with Crippen LogP contribution in [0.25, 0.3) is 0 Å². The summed E-state index contributed by atoms with van der Waals surface area (Å²) in [4.78, 5) is -0.186. The van der Waals surface area contributed by atoms with Crippen LogP contribution in [0, 0.1) is 12.7 Å². The molecule has 0 saturated carbocycles. The molecule has 0 amide bonds. The van der Waals surface area contributed by atoms with Gasteiger partial charge < -0.3 is 4.74 Å². The van der Waals surface area contributed by atoms with Crippen molar-refractivity contribution in [3.63, 3.8) is 0 Å². The number of benzene rings is 2. The SMILES string of the molecule is COc1ccc(C(Br)c2cccc(Br)c2F)cc1C. The molecule has 0 aromatic heterocycles. The molecule has 0 saturated heterocycles. The fourth-order valence-corrected chi connectivity index (χ4v) is 2.97. The minimum atomic E-state index is -0.238. The van der Waals surface area contributed by atoms with Crippen LogP contribution in [-0.2, 0) is 0 Å². The summed E-state index contributed by atoms with van der Waals surface area (Å²) in [5.41, 5.74) is 2.63. The van der Waals surface area contributed by atoms with Gasteiger partial charge in [0.2, 0.25) is 0 Å². The van der Waals surface area contributed by atoms with Gasteiger partial charge in [-0.15, -0.1) is 0 Å². The van der Waals surface area contributed by atoms with Crippen LogP contribution in [0.15, 0.2) is 40.9 Å². The molecule has 2 aromatic carbocycles. The number of hydrogen-bond acceptors (Lipinski definition) is 1. The summed E-state index contributed by atoms with van der Waals surface area (Å²) in [6.45, 7) is 1.97. The molecule has 1 unspecified atom stereocenters. The van der Waals surface area contributed by atoms with Crippen LogP contribution >= 0.6 is 31.9 Å². The Bertz CT molecular complexity index is 599. The maximum absolute atomic E-state index is 14.1. The van der Waals surface area contributed by atoms with E-state index < -0.39 is 0 Å². The van der Waals surface area contributed by atoms with Crippen molar-refractivity contribution in [2.45, 2.75) is 11.8 Å². The summed E-state index contributed by atoms with van der Waals surface area (Å²) in [6, 6.07) is 11.1. The molecular weight excluding hydrogens is 375 g/mol. The minimum absolute atomic E-state index is 0.186. The second kappa shape index (κ2) is 6.06. The number of rotatable bonds is 3. The van der Waals surface area contributed by atoms with E-state index >= 15 is 0 Å².